The number of alkyl halides is 1. The molecule has 0 bridgehead atoms. The van der Waals surface area contributed by atoms with Crippen LogP contribution in [0, 0.1) is 0 Å². The predicted molar refractivity (Wildman–Crippen MR) is 123 cm³/mol. The number of halogens is 1. The van der Waals surface area contributed by atoms with Crippen molar-refractivity contribution in [3.8, 4) is 5.75 Å². The summed E-state index contributed by atoms with van der Waals surface area (Å²) in [5.74, 6) is -0.111. The number of aromatic nitrogens is 4. The summed E-state index contributed by atoms with van der Waals surface area (Å²) in [6.07, 6.45) is 1.01. The Morgan fingerprint density at radius 1 is 1.24 bits per heavy atom. The van der Waals surface area contributed by atoms with Crippen LogP contribution in [0.5, 0.6) is 5.75 Å². The summed E-state index contributed by atoms with van der Waals surface area (Å²) in [7, 11) is -3.82. The van der Waals surface area contributed by atoms with E-state index in [2.05, 4.69) is 20.2 Å². The van der Waals surface area contributed by atoms with Crippen LogP contribution in [0.2, 0.25) is 0 Å². The second kappa shape index (κ2) is 11.4. The average Bonchev–Trinajstić information content (AvgIpc) is 3.20. The zero-order chi connectivity index (χ0) is 24.7. The third-order valence-electron chi connectivity index (χ3n) is 4.58. The molecule has 0 unspecified atom stereocenters. The number of para-hydroxylation sites is 1. The minimum absolute atomic E-state index is 0.0738. The monoisotopic (exact) mass is 494 g/mol. The molecule has 13 heteroatoms. The number of nitrogen functional groups attached to an aromatic ring is 1. The minimum Gasteiger partial charge on any atom is -0.462 e. The smallest absolute Gasteiger partial charge is 0.342 e. The van der Waals surface area contributed by atoms with E-state index in [-0.39, 0.29) is 18.3 Å². The molecule has 1 aromatic carbocycles. The zero-order valence-electron chi connectivity index (χ0n) is 19.1. The van der Waals surface area contributed by atoms with Crippen molar-refractivity contribution in [1.29, 1.82) is 0 Å². The average molecular weight is 494 g/mol. The van der Waals surface area contributed by atoms with Crippen molar-refractivity contribution in [1.82, 2.24) is 24.7 Å². The minimum atomic E-state index is -3.82. The molecular weight excluding hydrogens is 466 g/mol. The molecule has 3 atom stereocenters. The molecular formula is C21H28FN6O5P. The maximum atomic E-state index is 13.8. The maximum absolute atomic E-state index is 13.8. The van der Waals surface area contributed by atoms with Gasteiger partial charge in [-0.2, -0.15) is 5.10 Å². The molecule has 0 aliphatic rings. The topological polar surface area (TPSA) is 143 Å². The van der Waals surface area contributed by atoms with Crippen LogP contribution in [0.25, 0.3) is 5.65 Å². The highest BCUT2D eigenvalue weighted by Crippen LogP contribution is 2.44. The molecule has 184 valence electrons. The molecule has 0 spiro atoms. The Hall–Kier alpha value is -3.08. The number of nitrogens with zero attached hydrogens (tertiary/aromatic N) is 4. The van der Waals surface area contributed by atoms with Crippen molar-refractivity contribution < 1.29 is 27.7 Å². The largest absolute Gasteiger partial charge is 0.462 e. The van der Waals surface area contributed by atoms with Gasteiger partial charge >= 0.3 is 13.5 Å². The molecule has 2 heterocycles. The number of imidazole rings is 1. The van der Waals surface area contributed by atoms with Crippen LogP contribution in [-0.2, 0) is 25.3 Å². The molecule has 3 aromatic rings. The van der Waals surface area contributed by atoms with E-state index in [1.165, 1.54) is 24.0 Å². The first-order valence-electron chi connectivity index (χ1n) is 10.6. The quantitative estimate of drug-likeness (QED) is 0.285. The van der Waals surface area contributed by atoms with Crippen molar-refractivity contribution in [2.75, 3.05) is 18.8 Å². The number of fused-ring (bicyclic) bond motifs is 1. The van der Waals surface area contributed by atoms with Crippen LogP contribution < -0.4 is 15.3 Å². The van der Waals surface area contributed by atoms with Gasteiger partial charge in [0.25, 0.3) is 0 Å². The van der Waals surface area contributed by atoms with E-state index in [0.717, 1.165) is 0 Å². The Kier molecular flexibility index (Phi) is 8.54. The van der Waals surface area contributed by atoms with Crippen molar-refractivity contribution in [3.63, 3.8) is 0 Å². The molecule has 0 saturated heterocycles. The maximum Gasteiger partial charge on any atom is 0.342 e. The zero-order valence-corrected chi connectivity index (χ0v) is 20.0. The molecule has 0 aliphatic carbocycles. The number of nitrogens with one attached hydrogen (secondary N) is 1. The molecule has 11 nitrogen and oxygen atoms in total. The number of carbonyl (C=O) groups is 1. The van der Waals surface area contributed by atoms with Crippen LogP contribution in [0.15, 0.2) is 42.9 Å². The summed E-state index contributed by atoms with van der Waals surface area (Å²) in [4.78, 5) is 20.3. The van der Waals surface area contributed by atoms with E-state index in [9.17, 15) is 13.8 Å². The first-order chi connectivity index (χ1) is 16.2. The highest BCUT2D eigenvalue weighted by atomic mass is 31.2. The summed E-state index contributed by atoms with van der Waals surface area (Å²) in [5.41, 5.74) is 6.66. The van der Waals surface area contributed by atoms with E-state index in [1.807, 2.05) is 0 Å². The number of hydrogen-bond acceptors (Lipinski definition) is 9. The number of ether oxygens (including phenoxy) is 2. The van der Waals surface area contributed by atoms with E-state index in [0.29, 0.717) is 17.1 Å². The molecule has 0 amide bonds. The molecule has 0 radical (unpaired) electrons. The second-order valence-corrected chi connectivity index (χ2v) is 9.87. The predicted octanol–water partition coefficient (Wildman–Crippen LogP) is 2.76. The lowest BCUT2D eigenvalue weighted by atomic mass is 10.2. The highest BCUT2D eigenvalue weighted by molar-refractivity contribution is 7.57. The lowest BCUT2D eigenvalue weighted by Crippen LogP contribution is -2.37. The van der Waals surface area contributed by atoms with Crippen molar-refractivity contribution >= 4 is 25.0 Å². The standard InChI is InChI=1S/C21H28FN6O5P/c1-14(2)32-21(29)15(3)27-34(30,33-17-7-5-4-6-8-17)13-31-18(10-22)9-16-11-24-20-19(23)25-12-26-28(16)20/h4-8,11-12,14-15,18H,9-10,13H2,1-3H3,(H,27,30)(H2,23,25,26)/t15-,18+,34+/m0/s1. The van der Waals surface area contributed by atoms with E-state index < -0.39 is 38.7 Å². The number of benzene rings is 1. The Morgan fingerprint density at radius 3 is 2.65 bits per heavy atom. The number of anilines is 1. The van der Waals surface area contributed by atoms with Gasteiger partial charge in [-0.25, -0.2) is 24.0 Å². The molecule has 3 N–H and O–H groups in total. The van der Waals surface area contributed by atoms with Gasteiger partial charge in [-0.1, -0.05) is 18.2 Å². The van der Waals surface area contributed by atoms with Gasteiger partial charge in [0.1, 0.15) is 31.1 Å². The van der Waals surface area contributed by atoms with Gasteiger partial charge in [-0.3, -0.25) is 9.36 Å². The fourth-order valence-corrected chi connectivity index (χ4v) is 4.78. The Morgan fingerprint density at radius 2 is 1.97 bits per heavy atom. The van der Waals surface area contributed by atoms with Gasteiger partial charge < -0.3 is 19.7 Å². The second-order valence-electron chi connectivity index (χ2n) is 7.82. The summed E-state index contributed by atoms with van der Waals surface area (Å²) in [6, 6.07) is 7.46. The molecule has 0 saturated carbocycles. The lowest BCUT2D eigenvalue weighted by molar-refractivity contribution is -0.149. The third kappa shape index (κ3) is 6.72. The third-order valence-corrected chi connectivity index (χ3v) is 6.36. The van der Waals surface area contributed by atoms with Crippen molar-refractivity contribution in [3.05, 3.63) is 48.5 Å². The molecule has 3 rings (SSSR count). The Labute approximate surface area is 196 Å². The molecule has 2 aromatic heterocycles. The van der Waals surface area contributed by atoms with E-state index >= 15 is 0 Å². The SMILES string of the molecule is CC(C)OC(=O)[C@H](C)N[P@@](=O)(CO[C@@H](CF)Cc1cnc2c(N)ncnn12)Oc1ccccc1. The van der Waals surface area contributed by atoms with Gasteiger partial charge in [0.2, 0.25) is 0 Å². The number of esters is 1. The Bertz CT molecular complexity index is 1150. The van der Waals surface area contributed by atoms with Gasteiger partial charge in [0.05, 0.1) is 24.1 Å². The first kappa shape index (κ1) is 25.5. The fourth-order valence-electron chi connectivity index (χ4n) is 3.04. The lowest BCUT2D eigenvalue weighted by Gasteiger charge is -2.25. The molecule has 0 fully saturated rings. The fraction of sp³-hybridized carbons (Fsp3) is 0.429. The van der Waals surface area contributed by atoms with Crippen LogP contribution >= 0.6 is 7.52 Å². The summed E-state index contributed by atoms with van der Waals surface area (Å²) in [5, 5.41) is 6.76. The van der Waals surface area contributed by atoms with Crippen LogP contribution in [-0.4, -0.2) is 56.8 Å². The summed E-state index contributed by atoms with van der Waals surface area (Å²) < 4.78 is 45.4. The summed E-state index contributed by atoms with van der Waals surface area (Å²) in [6.45, 7) is 4.04. The van der Waals surface area contributed by atoms with Crippen LogP contribution in [0.1, 0.15) is 26.5 Å². The molecule has 0 aliphatic heterocycles. The van der Waals surface area contributed by atoms with E-state index in [4.69, 9.17) is 19.7 Å². The summed E-state index contributed by atoms with van der Waals surface area (Å²) >= 11 is 0. The van der Waals surface area contributed by atoms with Crippen LogP contribution in [0.4, 0.5) is 10.2 Å². The van der Waals surface area contributed by atoms with Crippen LogP contribution in [0.3, 0.4) is 0 Å². The van der Waals surface area contributed by atoms with E-state index in [1.54, 1.807) is 44.2 Å². The highest BCUT2D eigenvalue weighted by Gasteiger charge is 2.32. The number of carbonyl (C=O) groups excluding carboxylic acids is 1. The van der Waals surface area contributed by atoms with Crippen molar-refractivity contribution in [2.45, 2.75) is 45.4 Å². The normalized spacial score (nSPS) is 15.1. The van der Waals surface area contributed by atoms with Gasteiger partial charge in [0.15, 0.2) is 11.5 Å². The number of rotatable bonds is 12. The van der Waals surface area contributed by atoms with Gasteiger partial charge in [0, 0.05) is 6.42 Å². The van der Waals surface area contributed by atoms with Crippen molar-refractivity contribution in [2.24, 2.45) is 0 Å². The Balaban J connectivity index is 1.74. The number of hydrogen-bond donors (Lipinski definition) is 2. The molecule has 34 heavy (non-hydrogen) atoms. The van der Waals surface area contributed by atoms with Gasteiger partial charge in [-0.05, 0) is 32.9 Å². The number of nitrogens with two attached hydrogens (primary N) is 1. The first-order valence-corrected chi connectivity index (χ1v) is 12.4. The van der Waals surface area contributed by atoms with Gasteiger partial charge in [-0.15, -0.1) is 0 Å².